The molecule has 0 radical (unpaired) electrons. The molecule has 1 saturated heterocycles. The predicted molar refractivity (Wildman–Crippen MR) is 162 cm³/mol. The average Bonchev–Trinajstić information content (AvgIpc) is 3.57. The molecular formula is C32H35FN8O2. The van der Waals surface area contributed by atoms with E-state index in [1.807, 2.05) is 45.9 Å². The third kappa shape index (κ3) is 6.49. The Morgan fingerprint density at radius 1 is 1.23 bits per heavy atom. The van der Waals surface area contributed by atoms with Crippen LogP contribution < -0.4 is 15.8 Å². The van der Waals surface area contributed by atoms with Crippen LogP contribution in [-0.2, 0) is 11.3 Å². The summed E-state index contributed by atoms with van der Waals surface area (Å²) >= 11 is 0. The predicted octanol–water partition coefficient (Wildman–Crippen LogP) is 5.22. The number of nitrogens with zero attached hydrogens (tertiary/aromatic N) is 6. The second-order valence-electron chi connectivity index (χ2n) is 11.5. The molecule has 1 amide bonds. The number of nitriles is 1. The van der Waals surface area contributed by atoms with Gasteiger partial charge in [0.25, 0.3) is 5.91 Å². The third-order valence-electron chi connectivity index (χ3n) is 7.27. The van der Waals surface area contributed by atoms with Crippen molar-refractivity contribution < 1.29 is 13.9 Å². The number of likely N-dealkylation sites (tertiary alicyclic amines) is 1. The summed E-state index contributed by atoms with van der Waals surface area (Å²) in [5.41, 5.74) is 6.75. The highest BCUT2D eigenvalue weighted by molar-refractivity contribution is 5.99. The number of aromatic nitrogens is 4. The van der Waals surface area contributed by atoms with Crippen LogP contribution in [0.15, 0.2) is 66.5 Å². The molecular weight excluding hydrogens is 547 g/mol. The number of nitrogens with two attached hydrogens (primary N) is 1. The van der Waals surface area contributed by atoms with Gasteiger partial charge in [0.2, 0.25) is 0 Å². The fourth-order valence-corrected chi connectivity index (χ4v) is 5.66. The molecule has 1 aliphatic heterocycles. The number of rotatable bonds is 9. The standard InChI is InChI=1S/C32H35FN8O2/c1-20(2)38-32(3,4)16-21(17-34)31(42)40-14-8-9-22(40)18-41-30-27(29(35)36-19-37-30)28(39-41)25-13-12-24(15-26(25)33)43-23-10-6-5-7-11-23/h5-7,10-13,15-16,19-20,22,38H,8-9,14,18H2,1-4H3,(H2,35,36,37)/b21-16+/t22-/m1/s1. The molecule has 43 heavy (non-hydrogen) atoms. The highest BCUT2D eigenvalue weighted by Gasteiger charge is 2.33. The third-order valence-corrected chi connectivity index (χ3v) is 7.27. The van der Waals surface area contributed by atoms with Crippen molar-refractivity contribution in [2.75, 3.05) is 12.3 Å². The van der Waals surface area contributed by atoms with Gasteiger partial charge in [-0.2, -0.15) is 10.4 Å². The van der Waals surface area contributed by atoms with Crippen LogP contribution in [0.2, 0.25) is 0 Å². The van der Waals surface area contributed by atoms with E-state index in [0.717, 1.165) is 12.8 Å². The highest BCUT2D eigenvalue weighted by Crippen LogP contribution is 2.35. The Labute approximate surface area is 250 Å². The molecule has 0 aliphatic carbocycles. The molecule has 10 nitrogen and oxygen atoms in total. The number of benzene rings is 2. The van der Waals surface area contributed by atoms with Crippen molar-refractivity contribution in [3.8, 4) is 28.8 Å². The highest BCUT2D eigenvalue weighted by atomic mass is 19.1. The first-order valence-corrected chi connectivity index (χ1v) is 14.3. The fraction of sp³-hybridized carbons (Fsp3) is 0.344. The number of para-hydroxylation sites is 1. The maximum Gasteiger partial charge on any atom is 0.264 e. The monoisotopic (exact) mass is 582 g/mol. The fourth-order valence-electron chi connectivity index (χ4n) is 5.66. The second kappa shape index (κ2) is 12.2. The zero-order valence-electron chi connectivity index (χ0n) is 24.7. The first kappa shape index (κ1) is 29.7. The molecule has 0 saturated carbocycles. The molecule has 2 aromatic heterocycles. The Balaban J connectivity index is 1.45. The first-order chi connectivity index (χ1) is 20.6. The molecule has 1 fully saturated rings. The lowest BCUT2D eigenvalue weighted by Crippen LogP contribution is -2.44. The van der Waals surface area contributed by atoms with Crippen molar-refractivity contribution in [3.63, 3.8) is 0 Å². The van der Waals surface area contributed by atoms with E-state index in [1.54, 1.807) is 39.9 Å². The van der Waals surface area contributed by atoms with Gasteiger partial charge < -0.3 is 20.7 Å². The topological polar surface area (TPSA) is 135 Å². The van der Waals surface area contributed by atoms with Crippen molar-refractivity contribution in [3.05, 3.63) is 72.3 Å². The first-order valence-electron chi connectivity index (χ1n) is 14.3. The Morgan fingerprint density at radius 2 is 2.00 bits per heavy atom. The lowest BCUT2D eigenvalue weighted by atomic mass is 9.99. The minimum atomic E-state index is -0.544. The zero-order valence-corrected chi connectivity index (χ0v) is 24.7. The number of hydrogen-bond donors (Lipinski definition) is 2. The molecule has 1 aliphatic rings. The summed E-state index contributed by atoms with van der Waals surface area (Å²) in [7, 11) is 0. The van der Waals surface area contributed by atoms with Crippen molar-refractivity contribution in [2.45, 2.75) is 64.7 Å². The lowest BCUT2D eigenvalue weighted by molar-refractivity contribution is -0.127. The van der Waals surface area contributed by atoms with Crippen LogP contribution in [0.4, 0.5) is 10.2 Å². The minimum Gasteiger partial charge on any atom is -0.457 e. The molecule has 5 rings (SSSR count). The van der Waals surface area contributed by atoms with E-state index in [1.165, 1.54) is 12.4 Å². The minimum absolute atomic E-state index is 0.0857. The number of anilines is 1. The number of carbonyl (C=O) groups is 1. The number of halogens is 1. The van der Waals surface area contributed by atoms with Crippen molar-refractivity contribution >= 4 is 22.8 Å². The number of nitrogens with one attached hydrogen (secondary N) is 1. The summed E-state index contributed by atoms with van der Waals surface area (Å²) in [5, 5.41) is 18.4. The van der Waals surface area contributed by atoms with Gasteiger partial charge in [0.15, 0.2) is 5.65 Å². The average molecular weight is 583 g/mol. The molecule has 4 aromatic rings. The molecule has 2 aromatic carbocycles. The van der Waals surface area contributed by atoms with Crippen molar-refractivity contribution in [1.82, 2.24) is 30.0 Å². The quantitative estimate of drug-likeness (QED) is 0.203. The van der Waals surface area contributed by atoms with Gasteiger partial charge in [0, 0.05) is 29.8 Å². The van der Waals surface area contributed by atoms with Crippen molar-refractivity contribution in [1.29, 1.82) is 5.26 Å². The summed E-state index contributed by atoms with van der Waals surface area (Å²) in [6, 6.07) is 15.7. The largest absolute Gasteiger partial charge is 0.457 e. The number of hydrogen-bond acceptors (Lipinski definition) is 8. The van der Waals surface area contributed by atoms with Gasteiger partial charge in [-0.3, -0.25) is 4.79 Å². The Kier molecular flexibility index (Phi) is 8.41. The SMILES string of the molecule is CC(C)NC(C)(C)/C=C(\C#N)C(=O)N1CCC[C@@H]1Cn1nc(-c2ccc(Oc3ccccc3)cc2F)c2c(N)ncnc21. The number of fused-ring (bicyclic) bond motifs is 1. The van der Waals surface area contributed by atoms with Crippen LogP contribution in [0.25, 0.3) is 22.3 Å². The van der Waals surface area contributed by atoms with E-state index in [0.29, 0.717) is 41.3 Å². The summed E-state index contributed by atoms with van der Waals surface area (Å²) in [4.78, 5) is 23.8. The summed E-state index contributed by atoms with van der Waals surface area (Å²) < 4.78 is 22.9. The summed E-state index contributed by atoms with van der Waals surface area (Å²) in [5.74, 6) is 0.238. The van der Waals surface area contributed by atoms with Crippen LogP contribution in [0.3, 0.4) is 0 Å². The van der Waals surface area contributed by atoms with E-state index < -0.39 is 11.4 Å². The van der Waals surface area contributed by atoms with Gasteiger partial charge >= 0.3 is 0 Å². The van der Waals surface area contributed by atoms with Gasteiger partial charge in [-0.15, -0.1) is 0 Å². The summed E-state index contributed by atoms with van der Waals surface area (Å²) in [6.45, 7) is 8.69. The van der Waals surface area contributed by atoms with Gasteiger partial charge in [-0.25, -0.2) is 19.0 Å². The van der Waals surface area contributed by atoms with E-state index in [9.17, 15) is 10.1 Å². The van der Waals surface area contributed by atoms with E-state index in [-0.39, 0.29) is 34.9 Å². The number of nitrogen functional groups attached to an aromatic ring is 1. The molecule has 1 atom stereocenters. The molecule has 3 heterocycles. The normalized spacial score (nSPS) is 15.7. The second-order valence-corrected chi connectivity index (χ2v) is 11.5. The Bertz CT molecular complexity index is 1710. The van der Waals surface area contributed by atoms with E-state index in [2.05, 4.69) is 21.4 Å². The Hall–Kier alpha value is -4.82. The molecule has 0 unspecified atom stereocenters. The van der Waals surface area contributed by atoms with E-state index >= 15 is 4.39 Å². The number of amides is 1. The van der Waals surface area contributed by atoms with Gasteiger partial charge in [0.05, 0.1) is 18.0 Å². The number of ether oxygens (including phenoxy) is 1. The van der Waals surface area contributed by atoms with Gasteiger partial charge in [-0.1, -0.05) is 32.0 Å². The van der Waals surface area contributed by atoms with Crippen molar-refractivity contribution in [2.24, 2.45) is 0 Å². The molecule has 0 bridgehead atoms. The van der Waals surface area contributed by atoms with Gasteiger partial charge in [0.1, 0.15) is 46.8 Å². The van der Waals surface area contributed by atoms with Crippen LogP contribution in [0.1, 0.15) is 40.5 Å². The van der Waals surface area contributed by atoms with Gasteiger partial charge in [-0.05, 0) is 57.0 Å². The van der Waals surface area contributed by atoms with E-state index in [4.69, 9.17) is 15.6 Å². The van der Waals surface area contributed by atoms with Crippen LogP contribution in [-0.4, -0.2) is 54.7 Å². The molecule has 11 heteroatoms. The molecule has 0 spiro atoms. The van der Waals surface area contributed by atoms with Crippen LogP contribution in [0.5, 0.6) is 11.5 Å². The smallest absolute Gasteiger partial charge is 0.264 e. The molecule has 3 N–H and O–H groups in total. The van der Waals surface area contributed by atoms with Crippen LogP contribution in [0, 0.1) is 17.1 Å². The number of carbonyl (C=O) groups excluding carboxylic acids is 1. The Morgan fingerprint density at radius 3 is 2.70 bits per heavy atom. The van der Waals surface area contributed by atoms with Crippen LogP contribution >= 0.6 is 0 Å². The maximum atomic E-state index is 15.5. The lowest BCUT2D eigenvalue weighted by Gasteiger charge is -2.28. The summed E-state index contributed by atoms with van der Waals surface area (Å²) in [6.07, 6.45) is 4.53. The maximum absolute atomic E-state index is 15.5. The zero-order chi connectivity index (χ0) is 30.7. The molecule has 222 valence electrons.